The van der Waals surface area contributed by atoms with Gasteiger partial charge in [0, 0.05) is 29.2 Å². The summed E-state index contributed by atoms with van der Waals surface area (Å²) in [5.74, 6) is -0.0313. The van der Waals surface area contributed by atoms with Crippen molar-refractivity contribution in [3.05, 3.63) is 35.0 Å². The van der Waals surface area contributed by atoms with Gasteiger partial charge < -0.3 is 4.57 Å². The molecule has 4 nitrogen and oxygen atoms in total. The summed E-state index contributed by atoms with van der Waals surface area (Å²) in [6.45, 7) is 4.59. The number of hydrogen-bond donors (Lipinski definition) is 2. The Morgan fingerprint density at radius 3 is 2.95 bits per heavy atom. The molecule has 0 saturated carbocycles. The Hall–Kier alpha value is -1.81. The normalized spacial score (nSPS) is 23.6. The van der Waals surface area contributed by atoms with Crippen LogP contribution in [0.15, 0.2) is 18.2 Å². The summed E-state index contributed by atoms with van der Waals surface area (Å²) in [4.78, 5) is 12.3. The minimum atomic E-state index is -0.0313. The van der Waals surface area contributed by atoms with Gasteiger partial charge in [-0.15, -0.1) is 0 Å². The van der Waals surface area contributed by atoms with Gasteiger partial charge >= 0.3 is 0 Å². The quantitative estimate of drug-likeness (QED) is 0.771. The second kappa shape index (κ2) is 3.64. The van der Waals surface area contributed by atoms with E-state index >= 15 is 0 Å². The van der Waals surface area contributed by atoms with Crippen LogP contribution in [0.4, 0.5) is 0 Å². The third-order valence-corrected chi connectivity index (χ3v) is 4.74. The average Bonchev–Trinajstić information content (AvgIpc) is 2.59. The number of benzene rings is 1. The highest BCUT2D eigenvalue weighted by Gasteiger charge is 2.38. The van der Waals surface area contributed by atoms with Crippen molar-refractivity contribution in [2.45, 2.75) is 32.7 Å². The monoisotopic (exact) mass is 269 g/mol. The zero-order valence-electron chi connectivity index (χ0n) is 12.1. The molecule has 0 spiro atoms. The Balaban J connectivity index is 2.13. The number of nitrogens with zero attached hydrogens (tertiary/aromatic N) is 1. The maximum absolute atomic E-state index is 12.3. The van der Waals surface area contributed by atoms with Gasteiger partial charge in [0.05, 0.1) is 11.6 Å². The van der Waals surface area contributed by atoms with Crippen LogP contribution in [0.2, 0.25) is 0 Å². The van der Waals surface area contributed by atoms with Crippen LogP contribution in [0.1, 0.15) is 47.9 Å². The zero-order valence-corrected chi connectivity index (χ0v) is 12.1. The van der Waals surface area contributed by atoms with E-state index in [0.717, 1.165) is 29.3 Å². The fourth-order valence-electron chi connectivity index (χ4n) is 3.87. The summed E-state index contributed by atoms with van der Waals surface area (Å²) in [5, 5.41) is 1.13. The van der Waals surface area contributed by atoms with Gasteiger partial charge in [0.15, 0.2) is 0 Å². The van der Waals surface area contributed by atoms with Crippen LogP contribution in [0, 0.1) is 5.41 Å². The van der Waals surface area contributed by atoms with E-state index in [2.05, 4.69) is 42.4 Å². The Labute approximate surface area is 118 Å². The van der Waals surface area contributed by atoms with Gasteiger partial charge in [-0.2, -0.15) is 0 Å². The van der Waals surface area contributed by atoms with Crippen LogP contribution in [0.25, 0.3) is 10.9 Å². The molecular formula is C16H19N3O. The molecular weight excluding hydrogens is 250 g/mol. The number of carbonyl (C=O) groups is 1. The van der Waals surface area contributed by atoms with Gasteiger partial charge in [-0.05, 0) is 30.4 Å². The molecule has 1 aromatic carbocycles. The average molecular weight is 269 g/mol. The van der Waals surface area contributed by atoms with E-state index in [1.54, 1.807) is 0 Å². The van der Waals surface area contributed by atoms with Gasteiger partial charge in [-0.3, -0.25) is 10.2 Å². The van der Waals surface area contributed by atoms with Crippen LogP contribution in [0.5, 0.6) is 0 Å². The van der Waals surface area contributed by atoms with Crippen LogP contribution in [0.3, 0.4) is 0 Å². The molecule has 104 valence electrons. The first-order valence-corrected chi connectivity index (χ1v) is 7.14. The molecule has 1 unspecified atom stereocenters. The number of carbonyl (C=O) groups excluding carboxylic acids is 1. The molecule has 20 heavy (non-hydrogen) atoms. The van der Waals surface area contributed by atoms with Crippen molar-refractivity contribution in [1.29, 1.82) is 0 Å². The largest absolute Gasteiger partial charge is 0.347 e. The van der Waals surface area contributed by atoms with Gasteiger partial charge in [0.25, 0.3) is 5.91 Å². The fourth-order valence-corrected chi connectivity index (χ4v) is 3.87. The summed E-state index contributed by atoms with van der Waals surface area (Å²) < 4.78 is 2.27. The number of hydrogen-bond acceptors (Lipinski definition) is 2. The maximum atomic E-state index is 12.3. The lowest BCUT2D eigenvalue weighted by Crippen LogP contribution is -2.42. The second-order valence-electron chi connectivity index (χ2n) is 6.82. The molecule has 1 atom stereocenters. The second-order valence-corrected chi connectivity index (χ2v) is 6.82. The minimum Gasteiger partial charge on any atom is -0.347 e. The number of rotatable bonds is 0. The van der Waals surface area contributed by atoms with Crippen molar-refractivity contribution in [2.75, 3.05) is 0 Å². The molecule has 0 bridgehead atoms. The van der Waals surface area contributed by atoms with E-state index in [-0.39, 0.29) is 17.4 Å². The van der Waals surface area contributed by atoms with Gasteiger partial charge in [0.1, 0.15) is 0 Å². The van der Waals surface area contributed by atoms with E-state index in [4.69, 9.17) is 0 Å². The molecule has 1 aliphatic carbocycles. The number of aromatic nitrogens is 1. The van der Waals surface area contributed by atoms with E-state index in [1.807, 2.05) is 12.1 Å². The van der Waals surface area contributed by atoms with Crippen molar-refractivity contribution >= 4 is 16.8 Å². The van der Waals surface area contributed by atoms with Gasteiger partial charge in [0.2, 0.25) is 0 Å². The van der Waals surface area contributed by atoms with Crippen LogP contribution in [-0.4, -0.2) is 10.5 Å². The summed E-state index contributed by atoms with van der Waals surface area (Å²) >= 11 is 0. The Morgan fingerprint density at radius 1 is 1.35 bits per heavy atom. The SMILES string of the molecule is Cn1c2c3c4c(cccc41)C(=O)NNC3CC(C)(C)C2. The summed E-state index contributed by atoms with van der Waals surface area (Å²) in [5.41, 5.74) is 11.0. The molecule has 4 heteroatoms. The molecule has 0 saturated heterocycles. The standard InChI is InChI=1S/C16H19N3O/c1-16(2)7-10-14-12(8-16)19(3)11-6-4-5-9(13(11)14)15(20)18-17-10/h4-6,10,17H,7-8H2,1-3H3,(H,18,20). The highest BCUT2D eigenvalue weighted by molar-refractivity contribution is 6.09. The van der Waals surface area contributed by atoms with Crippen LogP contribution in [-0.2, 0) is 13.5 Å². The molecule has 1 amide bonds. The van der Waals surface area contributed by atoms with Crippen molar-refractivity contribution in [3.8, 4) is 0 Å². The van der Waals surface area contributed by atoms with E-state index in [1.165, 1.54) is 11.3 Å². The molecule has 1 aliphatic heterocycles. The molecule has 2 aromatic rings. The summed E-state index contributed by atoms with van der Waals surface area (Å²) in [6, 6.07) is 6.19. The first-order chi connectivity index (χ1) is 9.48. The lowest BCUT2D eigenvalue weighted by atomic mass is 9.74. The number of amides is 1. The smallest absolute Gasteiger partial charge is 0.266 e. The Bertz CT molecular complexity index is 742. The fraction of sp³-hybridized carbons (Fsp3) is 0.438. The number of aryl methyl sites for hydroxylation is 1. The number of hydrazine groups is 1. The van der Waals surface area contributed by atoms with E-state index in [9.17, 15) is 4.79 Å². The molecule has 2 heterocycles. The Morgan fingerprint density at radius 2 is 2.15 bits per heavy atom. The molecule has 0 fully saturated rings. The lowest BCUT2D eigenvalue weighted by Gasteiger charge is -2.36. The first kappa shape index (κ1) is 12.0. The van der Waals surface area contributed by atoms with Crippen molar-refractivity contribution < 1.29 is 4.79 Å². The minimum absolute atomic E-state index is 0.0313. The molecule has 1 aromatic heterocycles. The molecule has 2 aliphatic rings. The molecule has 4 rings (SSSR count). The van der Waals surface area contributed by atoms with Gasteiger partial charge in [-0.1, -0.05) is 19.9 Å². The molecule has 0 radical (unpaired) electrons. The topological polar surface area (TPSA) is 46.1 Å². The van der Waals surface area contributed by atoms with E-state index in [0.29, 0.717) is 0 Å². The Kier molecular flexibility index (Phi) is 2.18. The van der Waals surface area contributed by atoms with Crippen molar-refractivity contribution in [1.82, 2.24) is 15.4 Å². The summed E-state index contributed by atoms with van der Waals surface area (Å²) in [6.07, 6.45) is 2.09. The molecule has 2 N–H and O–H groups in total. The lowest BCUT2D eigenvalue weighted by molar-refractivity contribution is 0.0920. The van der Waals surface area contributed by atoms with Crippen LogP contribution >= 0.6 is 0 Å². The maximum Gasteiger partial charge on any atom is 0.266 e. The van der Waals surface area contributed by atoms with Crippen molar-refractivity contribution in [3.63, 3.8) is 0 Å². The number of nitrogens with one attached hydrogen (secondary N) is 2. The predicted octanol–water partition coefficient (Wildman–Crippen LogP) is 2.44. The first-order valence-electron chi connectivity index (χ1n) is 7.14. The zero-order chi connectivity index (χ0) is 14.1. The van der Waals surface area contributed by atoms with Gasteiger partial charge in [-0.25, -0.2) is 5.43 Å². The van der Waals surface area contributed by atoms with E-state index < -0.39 is 0 Å². The third-order valence-electron chi connectivity index (χ3n) is 4.74. The van der Waals surface area contributed by atoms with Crippen molar-refractivity contribution in [2.24, 2.45) is 12.5 Å². The highest BCUT2D eigenvalue weighted by atomic mass is 16.2. The predicted molar refractivity (Wildman–Crippen MR) is 78.4 cm³/mol. The van der Waals surface area contributed by atoms with Crippen LogP contribution < -0.4 is 10.9 Å². The summed E-state index contributed by atoms with van der Waals surface area (Å²) in [7, 11) is 2.11. The highest BCUT2D eigenvalue weighted by Crippen LogP contribution is 2.46. The third kappa shape index (κ3) is 1.43.